The summed E-state index contributed by atoms with van der Waals surface area (Å²) in [6.45, 7) is 2.82. The molecule has 0 atom stereocenters. The monoisotopic (exact) mass is 340 g/mol. The van der Waals surface area contributed by atoms with E-state index in [4.69, 9.17) is 0 Å². The van der Waals surface area contributed by atoms with Crippen LogP contribution >= 0.6 is 0 Å². The average Bonchev–Trinajstić information content (AvgIpc) is 2.64. The Labute approximate surface area is 148 Å². The van der Waals surface area contributed by atoms with Crippen LogP contribution in [0.2, 0.25) is 0 Å². The first-order valence-electron chi connectivity index (χ1n) is 8.37. The Bertz CT molecular complexity index is 684. The highest BCUT2D eigenvalue weighted by Gasteiger charge is 2.16. The number of amides is 1. The number of esters is 1. The number of aryl methyl sites for hydroxylation is 2. The van der Waals surface area contributed by atoms with Crippen LogP contribution in [0.5, 0.6) is 0 Å². The average molecular weight is 340 g/mol. The van der Waals surface area contributed by atoms with E-state index < -0.39 is 0 Å². The topological polar surface area (TPSA) is 59.5 Å². The highest BCUT2D eigenvalue weighted by atomic mass is 16.5. The molecule has 1 aromatic carbocycles. The molecule has 0 saturated heterocycles. The van der Waals surface area contributed by atoms with Gasteiger partial charge < -0.3 is 9.64 Å². The van der Waals surface area contributed by atoms with Crippen LogP contribution in [0.4, 0.5) is 0 Å². The van der Waals surface area contributed by atoms with Gasteiger partial charge in [0.25, 0.3) is 0 Å². The molecule has 0 radical (unpaired) electrons. The van der Waals surface area contributed by atoms with E-state index in [-0.39, 0.29) is 18.3 Å². The second-order valence-electron chi connectivity index (χ2n) is 5.99. The molecule has 1 amide bonds. The van der Waals surface area contributed by atoms with Crippen molar-refractivity contribution in [2.45, 2.75) is 32.7 Å². The van der Waals surface area contributed by atoms with Crippen molar-refractivity contribution >= 4 is 11.9 Å². The van der Waals surface area contributed by atoms with E-state index in [1.165, 1.54) is 12.7 Å². The van der Waals surface area contributed by atoms with Crippen LogP contribution < -0.4 is 0 Å². The lowest BCUT2D eigenvalue weighted by Crippen LogP contribution is -2.33. The minimum atomic E-state index is -0.317. The third-order valence-electron chi connectivity index (χ3n) is 4.01. The van der Waals surface area contributed by atoms with Crippen molar-refractivity contribution in [3.8, 4) is 0 Å². The number of nitrogens with zero attached hydrogens (tertiary/aromatic N) is 2. The number of ether oxygens (including phenoxy) is 1. The molecule has 2 aromatic rings. The van der Waals surface area contributed by atoms with Gasteiger partial charge in [-0.05, 0) is 30.5 Å². The number of pyridine rings is 1. The SMILES string of the molecule is COC(=O)CCN(Cc1cccnc1)C(=O)CCc1ccc(C)cc1. The molecule has 0 unspecified atom stereocenters. The molecule has 0 aliphatic rings. The van der Waals surface area contributed by atoms with Gasteiger partial charge in [-0.2, -0.15) is 0 Å². The highest BCUT2D eigenvalue weighted by Crippen LogP contribution is 2.10. The zero-order valence-electron chi connectivity index (χ0n) is 14.8. The summed E-state index contributed by atoms with van der Waals surface area (Å²) in [7, 11) is 1.35. The van der Waals surface area contributed by atoms with E-state index >= 15 is 0 Å². The summed E-state index contributed by atoms with van der Waals surface area (Å²) in [5.41, 5.74) is 3.27. The third kappa shape index (κ3) is 6.37. The molecule has 0 spiro atoms. The summed E-state index contributed by atoms with van der Waals surface area (Å²) < 4.78 is 4.68. The summed E-state index contributed by atoms with van der Waals surface area (Å²) in [4.78, 5) is 29.8. The van der Waals surface area contributed by atoms with Crippen LogP contribution in [0.1, 0.15) is 29.5 Å². The standard InChI is InChI=1S/C20H24N2O3/c1-16-5-7-17(8-6-16)9-10-19(23)22(13-11-20(24)25-2)15-18-4-3-12-21-14-18/h3-8,12,14H,9-11,13,15H2,1-2H3. The first-order valence-corrected chi connectivity index (χ1v) is 8.37. The number of hydrogen-bond donors (Lipinski definition) is 0. The molecular weight excluding hydrogens is 316 g/mol. The van der Waals surface area contributed by atoms with Gasteiger partial charge in [0, 0.05) is 31.9 Å². The van der Waals surface area contributed by atoms with Crippen molar-refractivity contribution in [3.63, 3.8) is 0 Å². The zero-order chi connectivity index (χ0) is 18.1. The minimum absolute atomic E-state index is 0.0216. The van der Waals surface area contributed by atoms with Gasteiger partial charge in [-0.15, -0.1) is 0 Å². The predicted octanol–water partition coefficient (Wildman–Crippen LogP) is 2.91. The molecule has 0 aliphatic carbocycles. The van der Waals surface area contributed by atoms with Gasteiger partial charge in [-0.25, -0.2) is 0 Å². The number of benzene rings is 1. The third-order valence-corrected chi connectivity index (χ3v) is 4.01. The molecule has 1 aromatic heterocycles. The van der Waals surface area contributed by atoms with Gasteiger partial charge in [0.2, 0.25) is 5.91 Å². The minimum Gasteiger partial charge on any atom is -0.469 e. The molecule has 5 heteroatoms. The fourth-order valence-corrected chi connectivity index (χ4v) is 2.50. The summed E-state index contributed by atoms with van der Waals surface area (Å²) in [5, 5.41) is 0. The van der Waals surface area contributed by atoms with Crippen molar-refractivity contribution < 1.29 is 14.3 Å². The fourth-order valence-electron chi connectivity index (χ4n) is 2.50. The lowest BCUT2D eigenvalue weighted by Gasteiger charge is -2.22. The molecule has 0 N–H and O–H groups in total. The van der Waals surface area contributed by atoms with Gasteiger partial charge in [-0.1, -0.05) is 35.9 Å². The molecule has 0 bridgehead atoms. The lowest BCUT2D eigenvalue weighted by molar-refractivity contribution is -0.141. The lowest BCUT2D eigenvalue weighted by atomic mass is 10.1. The van der Waals surface area contributed by atoms with Gasteiger partial charge in [0.1, 0.15) is 0 Å². The smallest absolute Gasteiger partial charge is 0.307 e. The van der Waals surface area contributed by atoms with Crippen LogP contribution in [-0.4, -0.2) is 35.4 Å². The van der Waals surface area contributed by atoms with E-state index in [2.05, 4.69) is 9.72 Å². The summed E-state index contributed by atoms with van der Waals surface area (Å²) in [6.07, 6.45) is 4.71. The Morgan fingerprint density at radius 2 is 1.84 bits per heavy atom. The fraction of sp³-hybridized carbons (Fsp3) is 0.350. The molecular formula is C20H24N2O3. The molecule has 0 fully saturated rings. The Morgan fingerprint density at radius 1 is 1.08 bits per heavy atom. The van der Waals surface area contributed by atoms with Crippen molar-refractivity contribution in [2.75, 3.05) is 13.7 Å². The Hall–Kier alpha value is -2.69. The maximum absolute atomic E-state index is 12.6. The van der Waals surface area contributed by atoms with Crippen LogP contribution in [0.15, 0.2) is 48.8 Å². The van der Waals surface area contributed by atoms with E-state index in [1.807, 2.05) is 43.3 Å². The first-order chi connectivity index (χ1) is 12.1. The zero-order valence-corrected chi connectivity index (χ0v) is 14.8. The number of carbonyl (C=O) groups is 2. The number of rotatable bonds is 8. The summed E-state index contributed by atoms with van der Waals surface area (Å²) in [6, 6.07) is 11.9. The van der Waals surface area contributed by atoms with E-state index in [0.717, 1.165) is 11.1 Å². The summed E-state index contributed by atoms with van der Waals surface area (Å²) in [5.74, 6) is -0.296. The van der Waals surface area contributed by atoms with Gasteiger partial charge in [-0.3, -0.25) is 14.6 Å². The van der Waals surface area contributed by atoms with Crippen molar-refractivity contribution in [3.05, 3.63) is 65.5 Å². The second kappa shape index (κ2) is 9.57. The molecule has 2 rings (SSSR count). The Balaban J connectivity index is 1.97. The summed E-state index contributed by atoms with van der Waals surface area (Å²) >= 11 is 0. The van der Waals surface area contributed by atoms with E-state index in [9.17, 15) is 9.59 Å². The van der Waals surface area contributed by atoms with E-state index in [0.29, 0.717) is 25.9 Å². The van der Waals surface area contributed by atoms with Gasteiger partial charge in [0.05, 0.1) is 13.5 Å². The molecule has 0 saturated carbocycles. The maximum Gasteiger partial charge on any atom is 0.307 e. The van der Waals surface area contributed by atoms with E-state index in [1.54, 1.807) is 17.3 Å². The molecule has 25 heavy (non-hydrogen) atoms. The number of carbonyl (C=O) groups excluding carboxylic acids is 2. The van der Waals surface area contributed by atoms with Crippen molar-refractivity contribution in [2.24, 2.45) is 0 Å². The molecule has 1 heterocycles. The number of hydrogen-bond acceptors (Lipinski definition) is 4. The predicted molar refractivity (Wildman–Crippen MR) is 95.8 cm³/mol. The molecule has 0 aliphatic heterocycles. The second-order valence-corrected chi connectivity index (χ2v) is 5.99. The normalized spacial score (nSPS) is 10.3. The number of aromatic nitrogens is 1. The maximum atomic E-state index is 12.6. The quantitative estimate of drug-likeness (QED) is 0.693. The largest absolute Gasteiger partial charge is 0.469 e. The Kier molecular flexibility index (Phi) is 7.14. The number of methoxy groups -OCH3 is 1. The van der Waals surface area contributed by atoms with Crippen LogP contribution in [-0.2, 0) is 27.3 Å². The van der Waals surface area contributed by atoms with Crippen LogP contribution in [0.3, 0.4) is 0 Å². The van der Waals surface area contributed by atoms with Gasteiger partial charge >= 0.3 is 5.97 Å². The Morgan fingerprint density at radius 3 is 2.48 bits per heavy atom. The first kappa shape index (κ1) is 18.6. The van der Waals surface area contributed by atoms with Gasteiger partial charge in [0.15, 0.2) is 0 Å². The molecule has 132 valence electrons. The highest BCUT2D eigenvalue weighted by molar-refractivity contribution is 5.77. The van der Waals surface area contributed by atoms with Crippen molar-refractivity contribution in [1.82, 2.24) is 9.88 Å². The van der Waals surface area contributed by atoms with Crippen LogP contribution in [0.25, 0.3) is 0 Å². The molecule has 5 nitrogen and oxygen atoms in total. The van der Waals surface area contributed by atoms with Crippen LogP contribution in [0, 0.1) is 6.92 Å². The van der Waals surface area contributed by atoms with Crippen molar-refractivity contribution in [1.29, 1.82) is 0 Å².